The Morgan fingerprint density at radius 3 is 1.60 bits per heavy atom. The summed E-state index contributed by atoms with van der Waals surface area (Å²) in [5, 5.41) is 0. The van der Waals surface area contributed by atoms with Crippen LogP contribution in [0.4, 0.5) is 4.79 Å². The monoisotopic (exact) mass is 611 g/mol. The third-order valence-electron chi connectivity index (χ3n) is 7.26. The minimum atomic E-state index is -3.57. The van der Waals surface area contributed by atoms with Crippen LogP contribution in [0.2, 0.25) is 0 Å². The Kier molecular flexibility index (Phi) is 19.0. The first-order valence-electron chi connectivity index (χ1n) is 16.1. The Labute approximate surface area is 258 Å². The topological polar surface area (TPSA) is 76.6 Å². The zero-order valence-corrected chi connectivity index (χ0v) is 28.8. The number of carbonyl (C=O) groups is 1. The number of nitrogens with zero attached hydrogens (tertiary/aromatic N) is 5. The summed E-state index contributed by atoms with van der Waals surface area (Å²) in [5.74, 6) is 0.520. The Bertz CT molecular complexity index is 924. The molecular formula is C32H61N5O4S. The van der Waals surface area contributed by atoms with Crippen molar-refractivity contribution in [1.82, 2.24) is 24.5 Å². The summed E-state index contributed by atoms with van der Waals surface area (Å²) in [5.41, 5.74) is 0. The SMILES string of the molecule is CCCN(CCC)CCN(CCN(CCC)CCC)C(=O)N(CCS(=O)(=O)c1ccc(OCCN(C)C)cc1)C(C)C. The van der Waals surface area contributed by atoms with Gasteiger partial charge in [-0.1, -0.05) is 27.7 Å². The highest BCUT2D eigenvalue weighted by atomic mass is 32.2. The van der Waals surface area contributed by atoms with Gasteiger partial charge in [-0.3, -0.25) is 0 Å². The van der Waals surface area contributed by atoms with Gasteiger partial charge in [0.2, 0.25) is 0 Å². The summed E-state index contributed by atoms with van der Waals surface area (Å²) in [6.45, 7) is 21.1. The second-order valence-electron chi connectivity index (χ2n) is 11.7. The number of rotatable bonds is 23. The lowest BCUT2D eigenvalue weighted by atomic mass is 10.3. The summed E-state index contributed by atoms with van der Waals surface area (Å²) < 4.78 is 32.3. The molecule has 1 aromatic rings. The van der Waals surface area contributed by atoms with E-state index in [-0.39, 0.29) is 29.3 Å². The van der Waals surface area contributed by atoms with Gasteiger partial charge in [0, 0.05) is 45.3 Å². The van der Waals surface area contributed by atoms with Gasteiger partial charge in [-0.05, 0) is 104 Å². The lowest BCUT2D eigenvalue weighted by Crippen LogP contribution is -2.51. The van der Waals surface area contributed by atoms with Crippen molar-refractivity contribution in [1.29, 1.82) is 0 Å². The number of carbonyl (C=O) groups excluding carboxylic acids is 1. The van der Waals surface area contributed by atoms with Crippen LogP contribution in [0, 0.1) is 0 Å². The summed E-state index contributed by atoms with van der Waals surface area (Å²) in [6, 6.07) is 6.40. The fourth-order valence-electron chi connectivity index (χ4n) is 4.95. The first-order valence-corrected chi connectivity index (χ1v) is 17.7. The molecule has 0 radical (unpaired) electrons. The zero-order valence-electron chi connectivity index (χ0n) is 28.0. The van der Waals surface area contributed by atoms with Gasteiger partial charge >= 0.3 is 6.03 Å². The molecule has 0 heterocycles. The van der Waals surface area contributed by atoms with Crippen molar-refractivity contribution in [2.75, 3.05) is 91.9 Å². The van der Waals surface area contributed by atoms with Crippen LogP contribution in [0.15, 0.2) is 29.2 Å². The molecule has 0 aliphatic rings. The molecule has 0 unspecified atom stereocenters. The second-order valence-corrected chi connectivity index (χ2v) is 13.8. The smallest absolute Gasteiger partial charge is 0.320 e. The molecule has 0 saturated carbocycles. The highest BCUT2D eigenvalue weighted by Gasteiger charge is 2.26. The van der Waals surface area contributed by atoms with Crippen LogP contribution in [-0.2, 0) is 9.84 Å². The van der Waals surface area contributed by atoms with E-state index >= 15 is 0 Å². The molecule has 0 aromatic heterocycles. The fraction of sp³-hybridized carbons (Fsp3) is 0.781. The normalized spacial score (nSPS) is 12.1. The van der Waals surface area contributed by atoms with Gasteiger partial charge in [0.15, 0.2) is 9.84 Å². The van der Waals surface area contributed by atoms with Crippen molar-refractivity contribution < 1.29 is 17.9 Å². The average Bonchev–Trinajstić information content (AvgIpc) is 2.93. The third kappa shape index (κ3) is 14.5. The minimum Gasteiger partial charge on any atom is -0.492 e. The van der Waals surface area contributed by atoms with Gasteiger partial charge < -0.3 is 29.2 Å². The zero-order chi connectivity index (χ0) is 31.5. The van der Waals surface area contributed by atoms with Crippen LogP contribution in [0.1, 0.15) is 67.2 Å². The van der Waals surface area contributed by atoms with E-state index in [1.165, 1.54) is 0 Å². The van der Waals surface area contributed by atoms with Crippen LogP contribution in [-0.4, -0.2) is 137 Å². The molecule has 0 atom stereocenters. The minimum absolute atomic E-state index is 0.0780. The van der Waals surface area contributed by atoms with Crippen LogP contribution < -0.4 is 4.74 Å². The number of ether oxygens (including phenoxy) is 1. The van der Waals surface area contributed by atoms with E-state index in [1.807, 2.05) is 37.7 Å². The van der Waals surface area contributed by atoms with Crippen LogP contribution in [0.3, 0.4) is 0 Å². The summed E-state index contributed by atoms with van der Waals surface area (Å²) >= 11 is 0. The van der Waals surface area contributed by atoms with Gasteiger partial charge in [-0.15, -0.1) is 0 Å². The Morgan fingerprint density at radius 2 is 1.19 bits per heavy atom. The number of likely N-dealkylation sites (N-methyl/N-ethyl adjacent to an activating group) is 1. The molecule has 1 rings (SSSR count). The van der Waals surface area contributed by atoms with Crippen molar-refractivity contribution in [3.63, 3.8) is 0 Å². The van der Waals surface area contributed by atoms with E-state index in [2.05, 4.69) is 37.5 Å². The number of amides is 2. The van der Waals surface area contributed by atoms with Crippen molar-refractivity contribution in [2.45, 2.75) is 78.2 Å². The van der Waals surface area contributed by atoms with E-state index in [0.717, 1.165) is 71.5 Å². The first-order chi connectivity index (χ1) is 20.0. The standard InChI is InChI=1S/C32H61N5O4S/c1-9-17-34(18-10-2)21-23-36(24-22-35(19-11-3)20-12-4)32(38)37(29(5)6)26-28-42(39,40)31-15-13-30(14-16-31)41-27-25-33(7)8/h13-16,29H,9-12,17-28H2,1-8H3. The summed E-state index contributed by atoms with van der Waals surface area (Å²) in [7, 11) is 0.381. The van der Waals surface area contributed by atoms with E-state index < -0.39 is 9.84 Å². The molecule has 0 spiro atoms. The molecular weight excluding hydrogens is 550 g/mol. The van der Waals surface area contributed by atoms with Crippen LogP contribution in [0.5, 0.6) is 5.75 Å². The molecule has 0 saturated heterocycles. The summed E-state index contributed by atoms with van der Waals surface area (Å²) in [6.07, 6.45) is 4.31. The van der Waals surface area contributed by atoms with Gasteiger partial charge in [-0.2, -0.15) is 0 Å². The maximum absolute atomic E-state index is 14.0. The van der Waals surface area contributed by atoms with E-state index in [0.29, 0.717) is 25.4 Å². The predicted octanol–water partition coefficient (Wildman–Crippen LogP) is 4.78. The van der Waals surface area contributed by atoms with Gasteiger partial charge in [-0.25, -0.2) is 13.2 Å². The highest BCUT2D eigenvalue weighted by Crippen LogP contribution is 2.18. The molecule has 42 heavy (non-hydrogen) atoms. The van der Waals surface area contributed by atoms with E-state index in [1.54, 1.807) is 29.2 Å². The number of hydrogen-bond donors (Lipinski definition) is 0. The Balaban J connectivity index is 3.01. The van der Waals surface area contributed by atoms with Gasteiger partial charge in [0.1, 0.15) is 12.4 Å². The molecule has 10 heteroatoms. The third-order valence-corrected chi connectivity index (χ3v) is 8.97. The maximum atomic E-state index is 14.0. The Hall–Kier alpha value is -1.88. The maximum Gasteiger partial charge on any atom is 0.320 e. The summed E-state index contributed by atoms with van der Waals surface area (Å²) in [4.78, 5) is 24.8. The van der Waals surface area contributed by atoms with Crippen molar-refractivity contribution in [2.24, 2.45) is 0 Å². The van der Waals surface area contributed by atoms with Crippen LogP contribution >= 0.6 is 0 Å². The average molecular weight is 612 g/mol. The highest BCUT2D eigenvalue weighted by molar-refractivity contribution is 7.91. The predicted molar refractivity (Wildman–Crippen MR) is 175 cm³/mol. The number of sulfone groups is 1. The molecule has 0 fully saturated rings. The molecule has 1 aromatic carbocycles. The van der Waals surface area contributed by atoms with Gasteiger partial charge in [0.25, 0.3) is 0 Å². The first kappa shape index (κ1) is 38.1. The number of hydrogen-bond acceptors (Lipinski definition) is 7. The van der Waals surface area contributed by atoms with Crippen molar-refractivity contribution in [3.8, 4) is 5.75 Å². The van der Waals surface area contributed by atoms with E-state index in [9.17, 15) is 13.2 Å². The second kappa shape index (κ2) is 20.9. The molecule has 9 nitrogen and oxygen atoms in total. The number of benzene rings is 1. The molecule has 2 amide bonds. The largest absolute Gasteiger partial charge is 0.492 e. The molecule has 0 bridgehead atoms. The van der Waals surface area contributed by atoms with Crippen molar-refractivity contribution >= 4 is 15.9 Å². The Morgan fingerprint density at radius 1 is 0.714 bits per heavy atom. The number of urea groups is 1. The van der Waals surface area contributed by atoms with Gasteiger partial charge in [0.05, 0.1) is 10.6 Å². The van der Waals surface area contributed by atoms with Crippen molar-refractivity contribution in [3.05, 3.63) is 24.3 Å². The molecule has 0 N–H and O–H groups in total. The lowest BCUT2D eigenvalue weighted by Gasteiger charge is -2.35. The fourth-order valence-corrected chi connectivity index (χ4v) is 6.17. The quantitative estimate of drug-likeness (QED) is 0.176. The molecule has 0 aliphatic heterocycles. The van der Waals surface area contributed by atoms with E-state index in [4.69, 9.17) is 4.74 Å². The molecule has 244 valence electrons. The lowest BCUT2D eigenvalue weighted by molar-refractivity contribution is 0.127. The van der Waals surface area contributed by atoms with Crippen LogP contribution in [0.25, 0.3) is 0 Å². The molecule has 0 aliphatic carbocycles.